The van der Waals surface area contributed by atoms with E-state index >= 15 is 0 Å². The number of benzene rings is 1. The average molecular weight is 216 g/mol. The summed E-state index contributed by atoms with van der Waals surface area (Å²) in [7, 11) is -4.33. The first kappa shape index (κ1) is 10.6. The van der Waals surface area contributed by atoms with Crippen LogP contribution in [0.4, 0.5) is 5.69 Å². The average Bonchev–Trinajstić information content (AvgIpc) is 2.02. The minimum Gasteiger partial charge on any atom is -0.258 e. The number of nitro groups is 1. The summed E-state index contributed by atoms with van der Waals surface area (Å²) in [6.45, 7) is 0. The molecule has 0 aliphatic carbocycles. The second-order valence-electron chi connectivity index (χ2n) is 2.63. The number of non-ortho nitro benzene ring substituents is 1. The molecule has 1 aromatic rings. The molecule has 0 atom stereocenters. The van der Waals surface area contributed by atoms with Gasteiger partial charge in [-0.1, -0.05) is 16.7 Å². The minimum atomic E-state index is -4.33. The molecule has 7 heteroatoms. The summed E-state index contributed by atoms with van der Waals surface area (Å²) < 4.78 is 31.0. The Kier molecular flexibility index (Phi) is 2.82. The Hall–Kier alpha value is -1.47. The lowest BCUT2D eigenvalue weighted by Gasteiger charge is -1.96. The molecule has 1 aromatic carbocycles. The van der Waals surface area contributed by atoms with E-state index in [1.54, 1.807) is 0 Å². The van der Waals surface area contributed by atoms with E-state index in [1.807, 2.05) is 0 Å². The van der Waals surface area contributed by atoms with Crippen LogP contribution in [0.25, 0.3) is 0 Å². The van der Waals surface area contributed by atoms with Gasteiger partial charge in [-0.2, -0.15) is 8.42 Å². The van der Waals surface area contributed by atoms with Crippen LogP contribution in [0.1, 0.15) is 5.56 Å². The molecule has 75 valence electrons. The van der Waals surface area contributed by atoms with Crippen LogP contribution in [0.15, 0.2) is 24.3 Å². The summed E-state index contributed by atoms with van der Waals surface area (Å²) in [6.07, 6.45) is 0. The highest BCUT2D eigenvalue weighted by Gasteiger charge is 2.10. The van der Waals surface area contributed by atoms with Gasteiger partial charge in [-0.3, -0.25) is 10.1 Å². The van der Waals surface area contributed by atoms with E-state index in [2.05, 4.69) is 0 Å². The van der Waals surface area contributed by atoms with Crippen LogP contribution in [0.2, 0.25) is 0 Å². The third kappa shape index (κ3) is 3.11. The Morgan fingerprint density at radius 3 is 2.07 bits per heavy atom. The molecule has 1 radical (unpaired) electrons. The zero-order chi connectivity index (χ0) is 10.8. The molecule has 0 fully saturated rings. The molecular weight excluding hydrogens is 210 g/mol. The maximum atomic E-state index is 10.3. The molecule has 0 aromatic heterocycles. The molecule has 0 bridgehead atoms. The molecule has 0 heterocycles. The predicted octanol–water partition coefficient (Wildman–Crippen LogP) is 0.855. The van der Waals surface area contributed by atoms with Crippen molar-refractivity contribution >= 4 is 15.8 Å². The van der Waals surface area contributed by atoms with E-state index in [0.29, 0.717) is 0 Å². The van der Waals surface area contributed by atoms with Crippen molar-refractivity contribution in [2.24, 2.45) is 0 Å². The van der Waals surface area contributed by atoms with Gasteiger partial charge in [-0.05, 0) is 5.56 Å². The van der Waals surface area contributed by atoms with Crippen molar-refractivity contribution in [2.45, 2.75) is 5.75 Å². The van der Waals surface area contributed by atoms with Gasteiger partial charge in [0, 0.05) is 12.1 Å². The van der Waals surface area contributed by atoms with E-state index in [1.165, 1.54) is 12.1 Å². The van der Waals surface area contributed by atoms with E-state index in [4.69, 9.17) is 0 Å². The summed E-state index contributed by atoms with van der Waals surface area (Å²) in [5.74, 6) is -0.648. The van der Waals surface area contributed by atoms with Gasteiger partial charge in [0.2, 0.25) is 0 Å². The van der Waals surface area contributed by atoms with Crippen molar-refractivity contribution < 1.29 is 17.9 Å². The smallest absolute Gasteiger partial charge is 0.258 e. The zero-order valence-electron chi connectivity index (χ0n) is 6.91. The Balaban J connectivity index is 2.90. The van der Waals surface area contributed by atoms with Crippen molar-refractivity contribution in [1.29, 1.82) is 0 Å². The molecule has 0 aliphatic rings. The fourth-order valence-electron chi connectivity index (χ4n) is 0.918. The number of nitro benzene ring substituents is 1. The van der Waals surface area contributed by atoms with Crippen molar-refractivity contribution in [3.63, 3.8) is 0 Å². The van der Waals surface area contributed by atoms with Crippen molar-refractivity contribution in [3.8, 4) is 0 Å². The maximum Gasteiger partial charge on any atom is 0.298 e. The van der Waals surface area contributed by atoms with Gasteiger partial charge in [0.1, 0.15) is 5.75 Å². The quantitative estimate of drug-likeness (QED) is 0.552. The third-order valence-corrected chi connectivity index (χ3v) is 2.18. The van der Waals surface area contributed by atoms with Crippen LogP contribution in [0, 0.1) is 10.1 Å². The fourth-order valence-corrected chi connectivity index (χ4v) is 1.52. The Morgan fingerprint density at radius 2 is 1.71 bits per heavy atom. The van der Waals surface area contributed by atoms with Crippen LogP contribution < -0.4 is 0 Å². The van der Waals surface area contributed by atoms with E-state index in [9.17, 15) is 23.1 Å². The molecule has 0 unspecified atom stereocenters. The molecule has 14 heavy (non-hydrogen) atoms. The molecule has 0 saturated carbocycles. The lowest BCUT2D eigenvalue weighted by Crippen LogP contribution is -1.99. The van der Waals surface area contributed by atoms with Crippen LogP contribution in [0.3, 0.4) is 0 Å². The monoisotopic (exact) mass is 216 g/mol. The first-order valence-electron chi connectivity index (χ1n) is 3.55. The Morgan fingerprint density at radius 1 is 1.21 bits per heavy atom. The number of hydrogen-bond acceptors (Lipinski definition) is 4. The third-order valence-electron chi connectivity index (χ3n) is 1.49. The van der Waals surface area contributed by atoms with Gasteiger partial charge >= 0.3 is 0 Å². The summed E-state index contributed by atoms with van der Waals surface area (Å²) in [6, 6.07) is 4.79. The molecule has 6 nitrogen and oxygen atoms in total. The fraction of sp³-hybridized carbons (Fsp3) is 0.143. The SMILES string of the molecule is [O]S(=O)(=O)Cc1ccc([N+](=O)[O-])cc1. The summed E-state index contributed by atoms with van der Waals surface area (Å²) >= 11 is 0. The molecular formula is C7H6NO5S. The van der Waals surface area contributed by atoms with Crippen molar-refractivity contribution in [2.75, 3.05) is 0 Å². The van der Waals surface area contributed by atoms with Crippen LogP contribution in [-0.2, 0) is 20.4 Å². The predicted molar refractivity (Wildman–Crippen MR) is 46.4 cm³/mol. The molecule has 0 aliphatic heterocycles. The van der Waals surface area contributed by atoms with Gasteiger partial charge in [-0.25, -0.2) is 0 Å². The highest BCUT2D eigenvalue weighted by Crippen LogP contribution is 2.13. The van der Waals surface area contributed by atoms with E-state index in [-0.39, 0.29) is 11.3 Å². The molecule has 0 amide bonds. The summed E-state index contributed by atoms with van der Waals surface area (Å²) in [4.78, 5) is 9.62. The highest BCUT2D eigenvalue weighted by atomic mass is 32.2. The lowest BCUT2D eigenvalue weighted by molar-refractivity contribution is -0.384. The van der Waals surface area contributed by atoms with E-state index in [0.717, 1.165) is 12.1 Å². The first-order chi connectivity index (χ1) is 6.38. The second-order valence-corrected chi connectivity index (χ2v) is 4.03. The topological polar surface area (TPSA) is 97.2 Å². The highest BCUT2D eigenvalue weighted by molar-refractivity contribution is 7.84. The van der Waals surface area contributed by atoms with Crippen LogP contribution in [0.5, 0.6) is 0 Å². The van der Waals surface area contributed by atoms with Crippen LogP contribution in [-0.4, -0.2) is 13.3 Å². The molecule has 0 spiro atoms. The number of nitrogens with zero attached hydrogens (tertiary/aromatic N) is 1. The largest absolute Gasteiger partial charge is 0.298 e. The van der Waals surface area contributed by atoms with E-state index < -0.39 is 20.8 Å². The number of rotatable bonds is 3. The Labute approximate surface area is 80.1 Å². The molecule has 1 rings (SSSR count). The van der Waals surface area contributed by atoms with Gasteiger partial charge in [-0.15, -0.1) is 0 Å². The van der Waals surface area contributed by atoms with Crippen molar-refractivity contribution in [3.05, 3.63) is 39.9 Å². The van der Waals surface area contributed by atoms with Gasteiger partial charge in [0.15, 0.2) is 0 Å². The summed E-state index contributed by atoms with van der Waals surface area (Å²) in [5.41, 5.74) is 0.0997. The normalized spacial score (nSPS) is 11.2. The second kappa shape index (κ2) is 3.72. The number of hydrogen-bond donors (Lipinski definition) is 0. The van der Waals surface area contributed by atoms with Crippen LogP contribution >= 0.6 is 0 Å². The van der Waals surface area contributed by atoms with Gasteiger partial charge in [0.25, 0.3) is 15.8 Å². The van der Waals surface area contributed by atoms with Gasteiger partial charge in [0.05, 0.1) is 4.92 Å². The Bertz CT molecular complexity index is 436. The van der Waals surface area contributed by atoms with Gasteiger partial charge < -0.3 is 0 Å². The molecule has 0 N–H and O–H groups in total. The first-order valence-corrected chi connectivity index (χ1v) is 5.13. The maximum absolute atomic E-state index is 10.3. The summed E-state index contributed by atoms with van der Waals surface area (Å²) in [5, 5.41) is 10.2. The minimum absolute atomic E-state index is 0.142. The standard InChI is InChI=1S/C7H6NO5S/c9-8(10)7-3-1-6(2-4-7)5-14(11,12)13/h1-4H,5H2. The van der Waals surface area contributed by atoms with Crippen molar-refractivity contribution in [1.82, 2.24) is 0 Å². The zero-order valence-corrected chi connectivity index (χ0v) is 7.73. The molecule has 0 saturated heterocycles. The lowest BCUT2D eigenvalue weighted by atomic mass is 10.2.